The number of benzene rings is 1. The van der Waals surface area contributed by atoms with Crippen LogP contribution < -0.4 is 4.74 Å². The fraction of sp³-hybridized carbons (Fsp3) is 0.579. The first-order valence-corrected chi connectivity index (χ1v) is 8.35. The van der Waals surface area contributed by atoms with E-state index in [0.29, 0.717) is 6.54 Å². The van der Waals surface area contributed by atoms with E-state index in [1.807, 2.05) is 45.0 Å². The van der Waals surface area contributed by atoms with E-state index in [-0.39, 0.29) is 23.5 Å². The average Bonchev–Trinajstić information content (AvgIpc) is 3.22. The number of carbonyl (C=O) groups excluding carboxylic acids is 1. The molecule has 2 aliphatic rings. The molecule has 5 heteroatoms. The smallest absolute Gasteiger partial charge is 0.410 e. The summed E-state index contributed by atoms with van der Waals surface area (Å²) in [5.74, 6) is 0.544. The number of likely N-dealkylation sites (tertiary alicyclic amines) is 1. The van der Waals surface area contributed by atoms with Crippen molar-refractivity contribution in [1.29, 1.82) is 5.26 Å². The summed E-state index contributed by atoms with van der Waals surface area (Å²) in [5, 5.41) is 9.77. The molecule has 0 aromatic heterocycles. The summed E-state index contributed by atoms with van der Waals surface area (Å²) in [6.07, 6.45) is 1.42. The van der Waals surface area contributed by atoms with E-state index in [0.717, 1.165) is 24.2 Å². The highest BCUT2D eigenvalue weighted by Gasteiger charge is 2.64. The molecule has 0 bridgehead atoms. The fourth-order valence-corrected chi connectivity index (χ4v) is 3.69. The minimum Gasteiger partial charge on any atom is -0.497 e. The van der Waals surface area contributed by atoms with Gasteiger partial charge in [-0.15, -0.1) is 0 Å². The Morgan fingerprint density at radius 3 is 2.62 bits per heavy atom. The Balaban J connectivity index is 1.90. The Kier molecular flexibility index (Phi) is 3.95. The molecule has 0 N–H and O–H groups in total. The summed E-state index contributed by atoms with van der Waals surface area (Å²) in [7, 11) is 1.63. The number of ether oxygens (including phenoxy) is 2. The van der Waals surface area contributed by atoms with Gasteiger partial charge >= 0.3 is 6.09 Å². The minimum absolute atomic E-state index is 0.0138. The number of hydrogen-bond acceptors (Lipinski definition) is 4. The van der Waals surface area contributed by atoms with Gasteiger partial charge in [-0.05, 0) is 51.3 Å². The summed E-state index contributed by atoms with van der Waals surface area (Å²) < 4.78 is 10.9. The van der Waals surface area contributed by atoms with E-state index in [9.17, 15) is 10.1 Å². The Bertz CT molecular complexity index is 683. The Morgan fingerprint density at radius 2 is 2.08 bits per heavy atom. The van der Waals surface area contributed by atoms with Crippen LogP contribution in [0, 0.1) is 17.2 Å². The van der Waals surface area contributed by atoms with Crippen LogP contribution in [0.2, 0.25) is 0 Å². The lowest BCUT2D eigenvalue weighted by Gasteiger charge is -2.29. The van der Waals surface area contributed by atoms with Gasteiger partial charge in [0.25, 0.3) is 0 Å². The summed E-state index contributed by atoms with van der Waals surface area (Å²) >= 11 is 0. The maximum Gasteiger partial charge on any atom is 0.410 e. The molecule has 128 valence electrons. The van der Waals surface area contributed by atoms with E-state index in [1.165, 1.54) is 0 Å². The van der Waals surface area contributed by atoms with Crippen molar-refractivity contribution in [3.8, 4) is 11.8 Å². The van der Waals surface area contributed by atoms with Gasteiger partial charge in [0, 0.05) is 12.5 Å². The zero-order chi connectivity index (χ0) is 17.5. The van der Waals surface area contributed by atoms with Crippen molar-refractivity contribution in [3.63, 3.8) is 0 Å². The van der Waals surface area contributed by atoms with Crippen molar-refractivity contribution in [2.24, 2.45) is 5.92 Å². The van der Waals surface area contributed by atoms with Crippen LogP contribution in [-0.2, 0) is 4.74 Å². The van der Waals surface area contributed by atoms with Gasteiger partial charge in [-0.2, -0.15) is 5.26 Å². The number of amides is 1. The minimum atomic E-state index is -0.538. The Morgan fingerprint density at radius 1 is 1.38 bits per heavy atom. The third-order valence-corrected chi connectivity index (χ3v) is 4.94. The zero-order valence-corrected chi connectivity index (χ0v) is 14.7. The van der Waals surface area contributed by atoms with Crippen LogP contribution in [0.3, 0.4) is 0 Å². The van der Waals surface area contributed by atoms with Gasteiger partial charge in [-0.3, -0.25) is 0 Å². The lowest BCUT2D eigenvalue weighted by molar-refractivity contribution is 0.0190. The van der Waals surface area contributed by atoms with Crippen LogP contribution in [0.25, 0.3) is 0 Å². The SMILES string of the molecule is COc1cccc([C@H]2CN(C(=O)OC(C)(C)C)C3(CC3)[C@@H]2C#N)c1. The molecule has 1 saturated carbocycles. The summed E-state index contributed by atoms with van der Waals surface area (Å²) in [4.78, 5) is 14.4. The Labute approximate surface area is 143 Å². The molecule has 24 heavy (non-hydrogen) atoms. The van der Waals surface area contributed by atoms with Gasteiger partial charge in [0.05, 0.1) is 24.6 Å². The van der Waals surface area contributed by atoms with E-state index in [4.69, 9.17) is 9.47 Å². The van der Waals surface area contributed by atoms with Gasteiger partial charge in [0.2, 0.25) is 0 Å². The molecule has 1 spiro atoms. The molecule has 1 amide bonds. The summed E-state index contributed by atoms with van der Waals surface area (Å²) in [5.41, 5.74) is 0.145. The predicted octanol–water partition coefficient (Wildman–Crippen LogP) is 3.70. The van der Waals surface area contributed by atoms with Gasteiger partial charge < -0.3 is 14.4 Å². The quantitative estimate of drug-likeness (QED) is 0.830. The van der Waals surface area contributed by atoms with Crippen molar-refractivity contribution in [2.45, 2.75) is 50.7 Å². The molecule has 2 atom stereocenters. The molecular formula is C19H24N2O3. The molecule has 1 aromatic rings. The topological polar surface area (TPSA) is 62.6 Å². The lowest BCUT2D eigenvalue weighted by atomic mass is 9.85. The summed E-state index contributed by atoms with van der Waals surface area (Å²) in [6, 6.07) is 10.2. The van der Waals surface area contributed by atoms with Gasteiger partial charge in [-0.1, -0.05) is 12.1 Å². The normalized spacial score (nSPS) is 24.5. The van der Waals surface area contributed by atoms with Crippen LogP contribution in [-0.4, -0.2) is 35.8 Å². The van der Waals surface area contributed by atoms with Gasteiger partial charge in [-0.25, -0.2) is 4.79 Å². The number of nitrogens with zero attached hydrogens (tertiary/aromatic N) is 2. The second-order valence-electron chi connectivity index (χ2n) is 7.68. The van der Waals surface area contributed by atoms with E-state index in [2.05, 4.69) is 6.07 Å². The average molecular weight is 328 g/mol. The zero-order valence-electron chi connectivity index (χ0n) is 14.7. The molecular weight excluding hydrogens is 304 g/mol. The predicted molar refractivity (Wildman–Crippen MR) is 89.7 cm³/mol. The van der Waals surface area contributed by atoms with E-state index in [1.54, 1.807) is 12.0 Å². The van der Waals surface area contributed by atoms with Crippen molar-refractivity contribution >= 4 is 6.09 Å². The molecule has 5 nitrogen and oxygen atoms in total. The molecule has 0 unspecified atom stereocenters. The standard InChI is InChI=1S/C19H24N2O3/c1-18(2,3)24-17(22)21-12-15(16(11-20)19(21)8-9-19)13-6-5-7-14(10-13)23-4/h5-7,10,15-16H,8-9,12H2,1-4H3/t15-,16-/m1/s1. The third-order valence-electron chi connectivity index (χ3n) is 4.94. The van der Waals surface area contributed by atoms with Crippen molar-refractivity contribution < 1.29 is 14.3 Å². The second-order valence-corrected chi connectivity index (χ2v) is 7.68. The number of rotatable bonds is 2. The third kappa shape index (κ3) is 2.82. The first kappa shape index (κ1) is 16.6. The number of nitriles is 1. The highest BCUT2D eigenvalue weighted by molar-refractivity contribution is 5.71. The maximum atomic E-state index is 12.6. The Hall–Kier alpha value is -2.22. The number of methoxy groups -OCH3 is 1. The number of hydrogen-bond donors (Lipinski definition) is 0. The molecule has 1 aromatic carbocycles. The van der Waals surface area contributed by atoms with Crippen LogP contribution >= 0.6 is 0 Å². The fourth-order valence-electron chi connectivity index (χ4n) is 3.69. The van der Waals surface area contributed by atoms with Crippen LogP contribution in [0.15, 0.2) is 24.3 Å². The molecule has 0 radical (unpaired) electrons. The number of carbonyl (C=O) groups is 1. The second kappa shape index (κ2) is 5.70. The van der Waals surface area contributed by atoms with Gasteiger partial charge in [0.15, 0.2) is 0 Å². The highest BCUT2D eigenvalue weighted by Crippen LogP contribution is 2.58. The van der Waals surface area contributed by atoms with Crippen LogP contribution in [0.1, 0.15) is 45.1 Å². The van der Waals surface area contributed by atoms with Crippen molar-refractivity contribution in [2.75, 3.05) is 13.7 Å². The monoisotopic (exact) mass is 328 g/mol. The van der Waals surface area contributed by atoms with Gasteiger partial charge in [0.1, 0.15) is 11.4 Å². The van der Waals surface area contributed by atoms with Crippen molar-refractivity contribution in [3.05, 3.63) is 29.8 Å². The maximum absolute atomic E-state index is 12.6. The molecule has 3 rings (SSSR count). The molecule has 1 aliphatic carbocycles. The van der Waals surface area contributed by atoms with Crippen LogP contribution in [0.5, 0.6) is 5.75 Å². The van der Waals surface area contributed by atoms with E-state index < -0.39 is 5.60 Å². The largest absolute Gasteiger partial charge is 0.497 e. The molecule has 1 heterocycles. The molecule has 1 saturated heterocycles. The first-order valence-electron chi connectivity index (χ1n) is 8.35. The summed E-state index contributed by atoms with van der Waals surface area (Å²) in [6.45, 7) is 6.10. The highest BCUT2D eigenvalue weighted by atomic mass is 16.6. The van der Waals surface area contributed by atoms with Crippen molar-refractivity contribution in [1.82, 2.24) is 4.90 Å². The lowest BCUT2D eigenvalue weighted by Crippen LogP contribution is -2.42. The molecule has 1 aliphatic heterocycles. The first-order chi connectivity index (χ1) is 11.3. The van der Waals surface area contributed by atoms with Crippen LogP contribution in [0.4, 0.5) is 4.79 Å². The van der Waals surface area contributed by atoms with E-state index >= 15 is 0 Å². The molecule has 2 fully saturated rings.